The van der Waals surface area contributed by atoms with Crippen LogP contribution in [-0.2, 0) is 20.9 Å². The van der Waals surface area contributed by atoms with Gasteiger partial charge < -0.3 is 42.2 Å². The average molecular weight is 887 g/mol. The Labute approximate surface area is 342 Å². The summed E-state index contributed by atoms with van der Waals surface area (Å²) >= 11 is 0. The Bertz CT molecular complexity index is 1360. The molecule has 0 aliphatic heterocycles. The molecule has 1 aromatic rings. The molecule has 0 atom stereocenters. The predicted molar refractivity (Wildman–Crippen MR) is 235 cm³/mol. The summed E-state index contributed by atoms with van der Waals surface area (Å²) in [5.74, 6) is -1.93. The van der Waals surface area contributed by atoms with Crippen molar-refractivity contribution in [3.05, 3.63) is 34.4 Å². The van der Waals surface area contributed by atoms with E-state index < -0.39 is 86.0 Å². The molecule has 4 amide bonds. The van der Waals surface area contributed by atoms with Crippen molar-refractivity contribution < 1.29 is 40.1 Å². The molecule has 0 bridgehead atoms. The monoisotopic (exact) mass is 885 g/mol. The largest absolute Gasteiger partial charge is 0.437 e. The van der Waals surface area contributed by atoms with Crippen molar-refractivity contribution in [2.45, 2.75) is 129 Å². The predicted octanol–water partition coefficient (Wildman–Crippen LogP) is 6.06. The standard InChI is InChI=1S/C35H69N4O9Si7/c1-14-15-19-36-32(40)28-26-30(35(43)39-22-18-25-52(7)47-55(12,13)48-54(9,10)11)31(27-29(28)33(41)37-20-16-23-50(5)44-2)34(42)38-21-17-24-51(6)46-53(8)45-49(3)4/h26-27H,14-25H2,1-13H3,(H,36,40)(H,37,41)(H,38,42)(H,39,43). The minimum Gasteiger partial charge on any atom is -0.437 e. The fourth-order valence-corrected chi connectivity index (χ4v) is 23.3. The Hall–Kier alpha value is -1.58. The molecule has 0 aliphatic rings. The Morgan fingerprint density at radius 1 is 0.582 bits per heavy atom. The summed E-state index contributed by atoms with van der Waals surface area (Å²) in [7, 11) is -7.66. The molecule has 0 fully saturated rings. The van der Waals surface area contributed by atoms with Crippen molar-refractivity contribution in [3.8, 4) is 0 Å². The zero-order valence-electron chi connectivity index (χ0n) is 35.8. The highest BCUT2D eigenvalue weighted by atomic mass is 28.5. The van der Waals surface area contributed by atoms with E-state index in [4.69, 9.17) is 20.9 Å². The molecule has 0 saturated heterocycles. The molecule has 4 N–H and O–H groups in total. The zero-order chi connectivity index (χ0) is 41.8. The zero-order valence-corrected chi connectivity index (χ0v) is 42.8. The van der Waals surface area contributed by atoms with Crippen molar-refractivity contribution in [2.24, 2.45) is 0 Å². The van der Waals surface area contributed by atoms with Gasteiger partial charge in [0.2, 0.25) is 9.04 Å². The van der Waals surface area contributed by atoms with E-state index in [2.05, 4.69) is 86.7 Å². The van der Waals surface area contributed by atoms with Gasteiger partial charge in [0.15, 0.2) is 35.4 Å². The van der Waals surface area contributed by atoms with Crippen LogP contribution in [0.25, 0.3) is 0 Å². The molecule has 0 spiro atoms. The summed E-state index contributed by atoms with van der Waals surface area (Å²) < 4.78 is 30.2. The lowest BCUT2D eigenvalue weighted by Crippen LogP contribution is -2.47. The van der Waals surface area contributed by atoms with Gasteiger partial charge in [-0.05, 0) is 128 Å². The van der Waals surface area contributed by atoms with Crippen LogP contribution in [0, 0.1) is 0 Å². The van der Waals surface area contributed by atoms with E-state index in [1.54, 1.807) is 7.11 Å². The van der Waals surface area contributed by atoms with E-state index in [0.717, 1.165) is 31.0 Å². The molecular formula is C35H69N4O9Si7. The maximum atomic E-state index is 13.8. The molecule has 13 nitrogen and oxygen atoms in total. The number of unbranched alkanes of at least 4 members (excludes halogenated alkanes) is 1. The summed E-state index contributed by atoms with van der Waals surface area (Å²) in [6, 6.07) is 5.23. The molecule has 0 saturated carbocycles. The van der Waals surface area contributed by atoms with Crippen LogP contribution in [0.4, 0.5) is 0 Å². The number of carbonyl (C=O) groups excluding carboxylic acids is 4. The van der Waals surface area contributed by atoms with Gasteiger partial charge in [-0.1, -0.05) is 13.3 Å². The minimum atomic E-state index is -2.26. The molecule has 0 unspecified atom stereocenters. The number of nitrogens with one attached hydrogen (secondary N) is 4. The van der Waals surface area contributed by atoms with E-state index in [1.165, 1.54) is 12.1 Å². The second kappa shape index (κ2) is 26.4. The van der Waals surface area contributed by atoms with Crippen LogP contribution in [-0.4, -0.2) is 119 Å². The number of carbonyl (C=O) groups is 4. The molecule has 55 heavy (non-hydrogen) atoms. The smallest absolute Gasteiger partial charge is 0.359 e. The minimum absolute atomic E-state index is 0.0392. The summed E-state index contributed by atoms with van der Waals surface area (Å²) in [5.41, 5.74) is 0.175. The molecule has 1 aromatic carbocycles. The molecule has 20 heteroatoms. The van der Waals surface area contributed by atoms with Crippen LogP contribution in [0.2, 0.25) is 90.1 Å². The van der Waals surface area contributed by atoms with Crippen LogP contribution in [0.1, 0.15) is 80.5 Å². The topological polar surface area (TPSA) is 163 Å². The Morgan fingerprint density at radius 3 is 1.33 bits per heavy atom. The van der Waals surface area contributed by atoms with Gasteiger partial charge >= 0.3 is 17.8 Å². The lowest BCUT2D eigenvalue weighted by atomic mass is 9.95. The lowest BCUT2D eigenvalue weighted by molar-refractivity contribution is 0.0908. The maximum absolute atomic E-state index is 13.8. The first-order valence-electron chi connectivity index (χ1n) is 19.4. The quantitative estimate of drug-likeness (QED) is 0.0580. The molecule has 1 rings (SSSR count). The van der Waals surface area contributed by atoms with Crippen LogP contribution >= 0.6 is 0 Å². The fourth-order valence-electron chi connectivity index (χ4n) is 5.66. The molecule has 311 valence electrons. The first kappa shape index (κ1) is 51.4. The van der Waals surface area contributed by atoms with Crippen molar-refractivity contribution in [1.29, 1.82) is 0 Å². The number of amides is 4. The van der Waals surface area contributed by atoms with Gasteiger partial charge in [0.1, 0.15) is 0 Å². The third kappa shape index (κ3) is 22.2. The van der Waals surface area contributed by atoms with Crippen molar-refractivity contribution in [3.63, 3.8) is 0 Å². The van der Waals surface area contributed by atoms with Gasteiger partial charge in [-0.3, -0.25) is 19.2 Å². The summed E-state index contributed by atoms with van der Waals surface area (Å²) in [6.45, 7) is 26.6. The van der Waals surface area contributed by atoms with Gasteiger partial charge in [-0.15, -0.1) is 0 Å². The lowest BCUT2D eigenvalue weighted by Gasteiger charge is -2.33. The Morgan fingerprint density at radius 2 is 0.964 bits per heavy atom. The summed E-state index contributed by atoms with van der Waals surface area (Å²) in [4.78, 5) is 54.8. The molecule has 0 aromatic heterocycles. The van der Waals surface area contributed by atoms with E-state index in [-0.39, 0.29) is 22.3 Å². The average Bonchev–Trinajstić information content (AvgIpc) is 3.07. The Kier molecular flexibility index (Phi) is 24.7. The van der Waals surface area contributed by atoms with Crippen LogP contribution in [0.3, 0.4) is 0 Å². The van der Waals surface area contributed by atoms with Crippen molar-refractivity contribution in [1.82, 2.24) is 21.3 Å². The third-order valence-corrected chi connectivity index (χ3v) is 24.9. The molecule has 0 heterocycles. The number of benzene rings is 1. The Balaban J connectivity index is 3.30. The molecule has 0 aliphatic carbocycles. The van der Waals surface area contributed by atoms with Gasteiger partial charge in [0.05, 0.1) is 22.3 Å². The van der Waals surface area contributed by atoms with Crippen LogP contribution < -0.4 is 21.3 Å². The van der Waals surface area contributed by atoms with Gasteiger partial charge in [0.25, 0.3) is 23.6 Å². The normalized spacial score (nSPS) is 12.3. The van der Waals surface area contributed by atoms with Gasteiger partial charge in [-0.25, -0.2) is 0 Å². The summed E-state index contributed by atoms with van der Waals surface area (Å²) in [6.07, 6.45) is 3.71. The highest BCUT2D eigenvalue weighted by Gasteiger charge is 2.33. The second-order valence-electron chi connectivity index (χ2n) is 15.3. The van der Waals surface area contributed by atoms with E-state index in [9.17, 15) is 19.2 Å². The second-order valence-corrected chi connectivity index (χ2v) is 34.5. The first-order chi connectivity index (χ1) is 25.7. The van der Waals surface area contributed by atoms with Crippen molar-refractivity contribution in [2.75, 3.05) is 33.3 Å². The summed E-state index contributed by atoms with van der Waals surface area (Å²) in [5, 5.41) is 11.7. The van der Waals surface area contributed by atoms with Crippen LogP contribution in [0.15, 0.2) is 12.1 Å². The highest BCUT2D eigenvalue weighted by Crippen LogP contribution is 2.21. The van der Waals surface area contributed by atoms with E-state index in [0.29, 0.717) is 45.4 Å². The maximum Gasteiger partial charge on any atom is 0.359 e. The van der Waals surface area contributed by atoms with Crippen LogP contribution in [0.5, 0.6) is 0 Å². The molecular weight excluding hydrogens is 817 g/mol. The van der Waals surface area contributed by atoms with Gasteiger partial charge in [0, 0.05) is 33.3 Å². The molecule has 5 radical (unpaired) electrons. The third-order valence-electron chi connectivity index (χ3n) is 7.91. The van der Waals surface area contributed by atoms with Crippen molar-refractivity contribution >= 4 is 86.0 Å². The number of hydrogen-bond acceptors (Lipinski definition) is 9. The number of hydrogen-bond donors (Lipinski definition) is 4. The van der Waals surface area contributed by atoms with E-state index in [1.807, 2.05) is 13.5 Å². The SMILES string of the molecule is CCCCNC(=O)c1cc(C(=O)NCCC[Si](C)O[Si](C)(C)O[Si](C)(C)C)c(C(=O)NCCC[Si](C)O[Si](C)O[Si](C)C)cc1C(=O)NCCC[Si](C)OC. The van der Waals surface area contributed by atoms with E-state index >= 15 is 0 Å². The number of rotatable bonds is 28. The highest BCUT2D eigenvalue weighted by molar-refractivity contribution is 6.84. The van der Waals surface area contributed by atoms with Gasteiger partial charge in [-0.2, -0.15) is 0 Å². The first-order valence-corrected chi connectivity index (χ1v) is 36.2. The fraction of sp³-hybridized carbons (Fsp3) is 0.714.